The average Bonchev–Trinajstić information content (AvgIpc) is 2.70. The Balaban J connectivity index is 2.04. The second-order valence-corrected chi connectivity index (χ2v) is 6.31. The van der Waals surface area contributed by atoms with Crippen molar-refractivity contribution >= 4 is 28.7 Å². The fourth-order valence-electron chi connectivity index (χ4n) is 2.77. The minimum Gasteiger partial charge on any atom is -0.497 e. The summed E-state index contributed by atoms with van der Waals surface area (Å²) in [5.41, 5.74) is 2.89. The number of aryl methyl sites for hydroxylation is 2. The van der Waals surface area contributed by atoms with Gasteiger partial charge in [-0.15, -0.1) is 0 Å². The molecule has 0 saturated carbocycles. The third-order valence-corrected chi connectivity index (χ3v) is 4.31. The molecule has 0 radical (unpaired) electrons. The molecule has 0 aliphatic carbocycles. The number of methoxy groups -OCH3 is 2. The molecule has 3 rings (SSSR count). The topological polar surface area (TPSA) is 111 Å². The second kappa shape index (κ2) is 8.42. The zero-order chi connectivity index (χ0) is 21.0. The van der Waals surface area contributed by atoms with Crippen molar-refractivity contribution in [3.8, 4) is 11.5 Å². The first-order chi connectivity index (χ1) is 13.9. The normalized spacial score (nSPS) is 10.3. The highest BCUT2D eigenvalue weighted by Crippen LogP contribution is 2.37. The van der Waals surface area contributed by atoms with Gasteiger partial charge in [0.2, 0.25) is 11.6 Å². The van der Waals surface area contributed by atoms with E-state index >= 15 is 0 Å². The van der Waals surface area contributed by atoms with Gasteiger partial charge in [-0.25, -0.2) is 9.97 Å². The Kier molecular flexibility index (Phi) is 5.77. The van der Waals surface area contributed by atoms with Crippen molar-refractivity contribution in [1.82, 2.24) is 9.97 Å². The van der Waals surface area contributed by atoms with Crippen molar-refractivity contribution in [3.63, 3.8) is 0 Å². The van der Waals surface area contributed by atoms with Gasteiger partial charge in [-0.1, -0.05) is 12.1 Å². The van der Waals surface area contributed by atoms with Crippen molar-refractivity contribution in [3.05, 3.63) is 64.0 Å². The van der Waals surface area contributed by atoms with E-state index in [1.54, 1.807) is 18.2 Å². The van der Waals surface area contributed by atoms with Gasteiger partial charge >= 0.3 is 5.69 Å². The van der Waals surface area contributed by atoms with E-state index in [0.29, 0.717) is 17.2 Å². The van der Waals surface area contributed by atoms with Crippen LogP contribution < -0.4 is 20.1 Å². The summed E-state index contributed by atoms with van der Waals surface area (Å²) in [6, 6.07) is 10.9. The number of nitrogens with one attached hydrogen (secondary N) is 2. The fourth-order valence-corrected chi connectivity index (χ4v) is 2.77. The van der Waals surface area contributed by atoms with Crippen LogP contribution in [0.5, 0.6) is 11.5 Å². The zero-order valence-electron chi connectivity index (χ0n) is 16.5. The van der Waals surface area contributed by atoms with E-state index in [2.05, 4.69) is 20.6 Å². The molecule has 0 bridgehead atoms. The summed E-state index contributed by atoms with van der Waals surface area (Å²) >= 11 is 0. The van der Waals surface area contributed by atoms with Crippen LogP contribution >= 0.6 is 0 Å². The number of nitrogens with zero attached hydrogens (tertiary/aromatic N) is 3. The highest BCUT2D eigenvalue weighted by molar-refractivity contribution is 5.79. The van der Waals surface area contributed by atoms with Crippen LogP contribution in [0.15, 0.2) is 42.7 Å². The monoisotopic (exact) mass is 395 g/mol. The minimum atomic E-state index is -0.525. The molecule has 2 aromatic carbocycles. The highest BCUT2D eigenvalue weighted by Gasteiger charge is 2.24. The molecule has 0 unspecified atom stereocenters. The molecule has 1 heterocycles. The van der Waals surface area contributed by atoms with Crippen LogP contribution in [0.25, 0.3) is 0 Å². The molecule has 0 saturated heterocycles. The predicted molar refractivity (Wildman–Crippen MR) is 111 cm³/mol. The largest absolute Gasteiger partial charge is 0.497 e. The third-order valence-electron chi connectivity index (χ3n) is 4.31. The molecule has 0 aliphatic rings. The number of aromatic nitrogens is 2. The first-order valence-corrected chi connectivity index (χ1v) is 8.75. The summed E-state index contributed by atoms with van der Waals surface area (Å²) < 4.78 is 10.5. The number of hydrogen-bond donors (Lipinski definition) is 2. The number of anilines is 4. The minimum absolute atomic E-state index is 0.0318. The van der Waals surface area contributed by atoms with Crippen LogP contribution in [0.4, 0.5) is 28.7 Å². The van der Waals surface area contributed by atoms with Crippen molar-refractivity contribution in [2.75, 3.05) is 24.9 Å². The Morgan fingerprint density at radius 3 is 2.24 bits per heavy atom. The zero-order valence-corrected chi connectivity index (χ0v) is 16.5. The van der Waals surface area contributed by atoms with Gasteiger partial charge in [0, 0.05) is 11.8 Å². The van der Waals surface area contributed by atoms with Gasteiger partial charge in [0.05, 0.1) is 24.8 Å². The van der Waals surface area contributed by atoms with Crippen molar-refractivity contribution in [1.29, 1.82) is 0 Å². The van der Waals surface area contributed by atoms with Crippen LogP contribution in [0.2, 0.25) is 0 Å². The Morgan fingerprint density at radius 1 is 0.931 bits per heavy atom. The maximum absolute atomic E-state index is 11.8. The third kappa shape index (κ3) is 4.34. The maximum atomic E-state index is 11.8. The van der Waals surface area contributed by atoms with Crippen LogP contribution in [0.1, 0.15) is 11.1 Å². The summed E-state index contributed by atoms with van der Waals surface area (Å²) in [6.07, 6.45) is 1.26. The van der Waals surface area contributed by atoms with E-state index in [-0.39, 0.29) is 17.3 Å². The highest BCUT2D eigenvalue weighted by atomic mass is 16.6. The van der Waals surface area contributed by atoms with E-state index in [0.717, 1.165) is 16.8 Å². The molecule has 0 spiro atoms. The van der Waals surface area contributed by atoms with Crippen molar-refractivity contribution in [2.24, 2.45) is 0 Å². The van der Waals surface area contributed by atoms with E-state index in [9.17, 15) is 10.1 Å². The molecule has 9 nitrogen and oxygen atoms in total. The van der Waals surface area contributed by atoms with E-state index in [1.165, 1.54) is 20.5 Å². The van der Waals surface area contributed by atoms with Crippen molar-refractivity contribution in [2.45, 2.75) is 13.8 Å². The summed E-state index contributed by atoms with van der Waals surface area (Å²) in [4.78, 5) is 19.5. The van der Waals surface area contributed by atoms with Gasteiger partial charge < -0.3 is 20.1 Å². The Bertz CT molecular complexity index is 1060. The lowest BCUT2D eigenvalue weighted by molar-refractivity contribution is -0.383. The van der Waals surface area contributed by atoms with Gasteiger partial charge in [-0.05, 0) is 43.2 Å². The molecule has 3 aromatic rings. The van der Waals surface area contributed by atoms with Crippen LogP contribution in [-0.2, 0) is 0 Å². The first-order valence-electron chi connectivity index (χ1n) is 8.75. The maximum Gasteiger partial charge on any atom is 0.353 e. The van der Waals surface area contributed by atoms with Crippen LogP contribution in [-0.4, -0.2) is 29.1 Å². The molecule has 9 heteroatoms. The fraction of sp³-hybridized carbons (Fsp3) is 0.200. The van der Waals surface area contributed by atoms with Gasteiger partial charge in [0.1, 0.15) is 17.8 Å². The van der Waals surface area contributed by atoms with E-state index in [4.69, 9.17) is 9.47 Å². The predicted octanol–water partition coefficient (Wildman–Crippen LogP) is 4.51. The quantitative estimate of drug-likeness (QED) is 0.444. The lowest BCUT2D eigenvalue weighted by Gasteiger charge is -2.14. The Labute approximate surface area is 167 Å². The molecular formula is C20H21N5O4. The molecule has 1 aromatic heterocycles. The lowest BCUT2D eigenvalue weighted by atomic mass is 10.1. The average molecular weight is 395 g/mol. The second-order valence-electron chi connectivity index (χ2n) is 6.31. The Hall–Kier alpha value is -3.88. The molecule has 29 heavy (non-hydrogen) atoms. The summed E-state index contributed by atoms with van der Waals surface area (Å²) in [6.45, 7) is 3.86. The van der Waals surface area contributed by atoms with Gasteiger partial charge in [-0.3, -0.25) is 10.1 Å². The standard InChI is InChI=1S/C20H21N5O4/c1-12-5-6-13(2)15(9-12)23-19-18(25(26)27)20(22-11-21-19)24-16-10-14(28-3)7-8-17(16)29-4/h5-11H,1-4H3,(H2,21,22,23,24). The molecule has 2 N–H and O–H groups in total. The number of hydrogen-bond acceptors (Lipinski definition) is 8. The molecule has 150 valence electrons. The van der Waals surface area contributed by atoms with Crippen LogP contribution in [0.3, 0.4) is 0 Å². The molecule has 0 fully saturated rings. The molecule has 0 aliphatic heterocycles. The van der Waals surface area contributed by atoms with Gasteiger partial charge in [-0.2, -0.15) is 0 Å². The summed E-state index contributed by atoms with van der Waals surface area (Å²) in [5, 5.41) is 17.9. The van der Waals surface area contributed by atoms with E-state index in [1.807, 2.05) is 32.0 Å². The SMILES string of the molecule is COc1ccc(OC)c(Nc2ncnc(Nc3cc(C)ccc3C)c2[N+](=O)[O-])c1. The van der Waals surface area contributed by atoms with E-state index < -0.39 is 4.92 Å². The lowest BCUT2D eigenvalue weighted by Crippen LogP contribution is -2.06. The van der Waals surface area contributed by atoms with Crippen LogP contribution in [0, 0.1) is 24.0 Å². The van der Waals surface area contributed by atoms with Crippen molar-refractivity contribution < 1.29 is 14.4 Å². The number of benzene rings is 2. The van der Waals surface area contributed by atoms with Gasteiger partial charge in [0.15, 0.2) is 0 Å². The van der Waals surface area contributed by atoms with Gasteiger partial charge in [0.25, 0.3) is 0 Å². The molecule has 0 amide bonds. The number of nitro groups is 1. The smallest absolute Gasteiger partial charge is 0.353 e. The first kappa shape index (κ1) is 19.9. The number of ether oxygens (including phenoxy) is 2. The molecular weight excluding hydrogens is 374 g/mol. The Morgan fingerprint density at radius 2 is 1.62 bits per heavy atom. The summed E-state index contributed by atoms with van der Waals surface area (Å²) in [5.74, 6) is 1.17. The number of rotatable bonds is 7. The molecule has 0 atom stereocenters. The summed E-state index contributed by atoms with van der Waals surface area (Å²) in [7, 11) is 3.04.